The van der Waals surface area contributed by atoms with Crippen molar-refractivity contribution in [2.45, 2.75) is 26.2 Å². The molecule has 0 bridgehead atoms. The third-order valence-corrected chi connectivity index (χ3v) is 4.65. The Morgan fingerprint density at radius 1 is 1.23 bits per heavy atom. The summed E-state index contributed by atoms with van der Waals surface area (Å²) in [5.41, 5.74) is 5.29. The summed E-state index contributed by atoms with van der Waals surface area (Å²) in [7, 11) is 1.66. The Morgan fingerprint density at radius 2 is 2.08 bits per heavy atom. The zero-order valence-corrected chi connectivity index (χ0v) is 15.0. The van der Waals surface area contributed by atoms with E-state index in [0.717, 1.165) is 40.9 Å². The van der Waals surface area contributed by atoms with Gasteiger partial charge in [-0.05, 0) is 65.8 Å². The average molecular weight is 344 g/mol. The number of carbonyl (C=O) groups is 1. The first-order valence-electron chi connectivity index (χ1n) is 8.52. The summed E-state index contributed by atoms with van der Waals surface area (Å²) in [6.07, 6.45) is 7.27. The number of hydrogen-bond donors (Lipinski definition) is 0. The van der Waals surface area contributed by atoms with E-state index in [1.807, 2.05) is 25.1 Å². The summed E-state index contributed by atoms with van der Waals surface area (Å²) in [6, 6.07) is 11.9. The largest absolute Gasteiger partial charge is 0.497 e. The van der Waals surface area contributed by atoms with Gasteiger partial charge in [-0.2, -0.15) is 5.26 Å². The van der Waals surface area contributed by atoms with Crippen molar-refractivity contribution in [2.75, 3.05) is 7.11 Å². The Labute approximate surface area is 153 Å². The first kappa shape index (κ1) is 17.6. The Balaban J connectivity index is 1.84. The lowest BCUT2D eigenvalue weighted by Crippen LogP contribution is -2.10. The van der Waals surface area contributed by atoms with E-state index in [4.69, 9.17) is 10.00 Å². The molecular weight excluding hydrogens is 324 g/mol. The summed E-state index contributed by atoms with van der Waals surface area (Å²) >= 11 is 0. The molecule has 26 heavy (non-hydrogen) atoms. The van der Waals surface area contributed by atoms with Gasteiger partial charge in [-0.15, -0.1) is 0 Å². The molecule has 2 aromatic rings. The van der Waals surface area contributed by atoms with Gasteiger partial charge in [-0.25, -0.2) is 0 Å². The Bertz CT molecular complexity index is 949. The van der Waals surface area contributed by atoms with Crippen LogP contribution in [-0.4, -0.2) is 17.9 Å². The monoisotopic (exact) mass is 344 g/mol. The number of rotatable bonds is 5. The van der Waals surface area contributed by atoms with Crippen molar-refractivity contribution in [3.63, 3.8) is 0 Å². The van der Waals surface area contributed by atoms with Crippen molar-refractivity contribution in [2.24, 2.45) is 0 Å². The maximum Gasteiger partial charge on any atom is 0.163 e. The third kappa shape index (κ3) is 3.89. The van der Waals surface area contributed by atoms with Crippen LogP contribution in [-0.2, 0) is 11.2 Å². The predicted molar refractivity (Wildman–Crippen MR) is 101 cm³/mol. The van der Waals surface area contributed by atoms with Gasteiger partial charge in [-0.3, -0.25) is 9.78 Å². The van der Waals surface area contributed by atoms with Crippen molar-refractivity contribution in [3.8, 4) is 11.8 Å². The number of ketones is 1. The van der Waals surface area contributed by atoms with Crippen molar-refractivity contribution in [1.29, 1.82) is 5.26 Å². The maximum atomic E-state index is 12.5. The highest BCUT2D eigenvalue weighted by atomic mass is 16.5. The van der Waals surface area contributed by atoms with Gasteiger partial charge in [0.1, 0.15) is 11.8 Å². The van der Waals surface area contributed by atoms with E-state index in [-0.39, 0.29) is 5.78 Å². The third-order valence-electron chi connectivity index (χ3n) is 4.65. The van der Waals surface area contributed by atoms with E-state index in [1.165, 1.54) is 11.8 Å². The minimum Gasteiger partial charge on any atom is -0.497 e. The van der Waals surface area contributed by atoms with Gasteiger partial charge in [0.15, 0.2) is 5.78 Å². The fraction of sp³-hybridized carbons (Fsp3) is 0.227. The molecule has 1 aliphatic rings. The molecule has 1 aliphatic carbocycles. The number of methoxy groups -OCH3 is 1. The van der Waals surface area contributed by atoms with Gasteiger partial charge < -0.3 is 4.74 Å². The molecule has 1 heterocycles. The van der Waals surface area contributed by atoms with Gasteiger partial charge in [0.05, 0.1) is 12.7 Å². The van der Waals surface area contributed by atoms with Crippen LogP contribution in [0.15, 0.2) is 59.9 Å². The normalized spacial score (nSPS) is 14.0. The number of aromatic nitrogens is 1. The first-order chi connectivity index (χ1) is 12.6. The molecule has 0 spiro atoms. The molecule has 1 aromatic heterocycles. The topological polar surface area (TPSA) is 63.0 Å². The molecule has 0 atom stereocenters. The smallest absolute Gasteiger partial charge is 0.163 e. The van der Waals surface area contributed by atoms with Crippen LogP contribution >= 0.6 is 0 Å². The van der Waals surface area contributed by atoms with Crippen molar-refractivity contribution >= 4 is 11.4 Å². The van der Waals surface area contributed by atoms with Crippen LogP contribution in [0.4, 0.5) is 0 Å². The van der Waals surface area contributed by atoms with Crippen LogP contribution in [0.3, 0.4) is 0 Å². The molecular formula is C22H20N2O2. The zero-order chi connectivity index (χ0) is 18.5. The molecule has 1 aromatic carbocycles. The highest BCUT2D eigenvalue weighted by molar-refractivity contribution is 6.05. The second kappa shape index (κ2) is 7.79. The van der Waals surface area contributed by atoms with Gasteiger partial charge in [0.25, 0.3) is 0 Å². The number of pyridine rings is 1. The molecule has 0 N–H and O–H groups in total. The van der Waals surface area contributed by atoms with Crippen LogP contribution in [0.1, 0.15) is 36.5 Å². The molecule has 0 unspecified atom stereocenters. The molecule has 4 nitrogen and oxygen atoms in total. The predicted octanol–water partition coefficient (Wildman–Crippen LogP) is 4.27. The fourth-order valence-corrected chi connectivity index (χ4v) is 3.08. The average Bonchev–Trinajstić information content (AvgIpc) is 2.69. The lowest BCUT2D eigenvalue weighted by Gasteiger charge is -2.18. The fourth-order valence-electron chi connectivity index (χ4n) is 3.08. The molecule has 0 saturated heterocycles. The zero-order valence-electron chi connectivity index (χ0n) is 15.0. The molecule has 0 amide bonds. The summed E-state index contributed by atoms with van der Waals surface area (Å²) < 4.78 is 5.27. The highest BCUT2D eigenvalue weighted by Crippen LogP contribution is 2.30. The molecule has 4 heteroatoms. The molecule has 0 aliphatic heterocycles. The second-order valence-electron chi connectivity index (χ2n) is 6.35. The first-order valence-corrected chi connectivity index (χ1v) is 8.52. The Morgan fingerprint density at radius 3 is 2.85 bits per heavy atom. The molecule has 0 fully saturated rings. The quantitative estimate of drug-likeness (QED) is 0.813. The standard InChI is InChI=1S/C22H20N2O2/c1-15-18(7-6-16-4-3-5-21(9-16)26-2)10-19(11-22(15)25)20-8-17(12-23)13-24-14-20/h3-5,8-10,13-14H,6-7,11H2,1-2H3. The Kier molecular flexibility index (Phi) is 5.28. The van der Waals surface area contributed by atoms with Crippen LogP contribution in [0.25, 0.3) is 5.57 Å². The minimum absolute atomic E-state index is 0.130. The van der Waals surface area contributed by atoms with Crippen molar-refractivity contribution < 1.29 is 9.53 Å². The van der Waals surface area contributed by atoms with E-state index in [1.54, 1.807) is 19.4 Å². The van der Waals surface area contributed by atoms with Gasteiger partial charge in [-0.1, -0.05) is 18.2 Å². The number of aryl methyl sites for hydroxylation is 1. The molecule has 3 rings (SSSR count). The van der Waals surface area contributed by atoms with E-state index >= 15 is 0 Å². The van der Waals surface area contributed by atoms with E-state index in [0.29, 0.717) is 12.0 Å². The summed E-state index contributed by atoms with van der Waals surface area (Å²) in [5, 5.41) is 9.06. The number of nitriles is 1. The van der Waals surface area contributed by atoms with Crippen LogP contribution in [0.5, 0.6) is 5.75 Å². The number of hydrogen-bond acceptors (Lipinski definition) is 4. The number of benzene rings is 1. The van der Waals surface area contributed by atoms with Gasteiger partial charge in [0, 0.05) is 18.8 Å². The molecule has 130 valence electrons. The highest BCUT2D eigenvalue weighted by Gasteiger charge is 2.19. The van der Waals surface area contributed by atoms with E-state index < -0.39 is 0 Å². The SMILES string of the molecule is COc1cccc(CCC2=C(C)C(=O)CC(c3cncc(C#N)c3)=C2)c1. The van der Waals surface area contributed by atoms with Crippen molar-refractivity contribution in [1.82, 2.24) is 4.98 Å². The number of nitrogens with zero attached hydrogens (tertiary/aromatic N) is 2. The molecule has 0 radical (unpaired) electrons. The maximum absolute atomic E-state index is 12.5. The number of carbonyl (C=O) groups excluding carboxylic acids is 1. The van der Waals surface area contributed by atoms with Crippen molar-refractivity contribution in [3.05, 3.63) is 76.6 Å². The number of Topliss-reactive ketones (excluding diaryl/α,β-unsaturated/α-hetero) is 1. The minimum atomic E-state index is 0.130. The summed E-state index contributed by atoms with van der Waals surface area (Å²) in [5.74, 6) is 0.967. The van der Waals surface area contributed by atoms with Crippen LogP contribution in [0, 0.1) is 11.3 Å². The van der Waals surface area contributed by atoms with E-state index in [2.05, 4.69) is 23.2 Å². The van der Waals surface area contributed by atoms with Crippen LogP contribution in [0.2, 0.25) is 0 Å². The number of ether oxygens (including phenoxy) is 1. The van der Waals surface area contributed by atoms with Gasteiger partial charge in [0.2, 0.25) is 0 Å². The van der Waals surface area contributed by atoms with Crippen LogP contribution < -0.4 is 4.74 Å². The lowest BCUT2D eigenvalue weighted by molar-refractivity contribution is -0.114. The second-order valence-corrected chi connectivity index (χ2v) is 6.35. The van der Waals surface area contributed by atoms with E-state index in [9.17, 15) is 4.79 Å². The number of allylic oxidation sites excluding steroid dienone is 4. The Hall–Kier alpha value is -3.19. The van der Waals surface area contributed by atoms with Gasteiger partial charge >= 0.3 is 0 Å². The lowest BCUT2D eigenvalue weighted by atomic mass is 9.86. The summed E-state index contributed by atoms with van der Waals surface area (Å²) in [4.78, 5) is 16.6. The summed E-state index contributed by atoms with van der Waals surface area (Å²) in [6.45, 7) is 1.89. The molecule has 0 saturated carbocycles.